The summed E-state index contributed by atoms with van der Waals surface area (Å²) in [5.41, 5.74) is 0.417. The maximum absolute atomic E-state index is 10.6. The van der Waals surface area contributed by atoms with Crippen LogP contribution in [-0.2, 0) is 5.60 Å². The molecular formula is C10H14N2OS. The average molecular weight is 210 g/mol. The third-order valence-corrected chi connectivity index (χ3v) is 4.21. The van der Waals surface area contributed by atoms with Gasteiger partial charge in [0.1, 0.15) is 5.60 Å². The van der Waals surface area contributed by atoms with Crippen molar-refractivity contribution in [2.24, 2.45) is 0 Å². The largest absolute Gasteiger partial charge is 0.383 e. The summed E-state index contributed by atoms with van der Waals surface area (Å²) in [6.07, 6.45) is 5.06. The molecule has 2 aliphatic heterocycles. The summed E-state index contributed by atoms with van der Waals surface area (Å²) in [6.45, 7) is 2.20. The lowest BCUT2D eigenvalue weighted by atomic mass is 9.87. The van der Waals surface area contributed by atoms with E-state index in [0.717, 1.165) is 31.5 Å². The zero-order valence-electron chi connectivity index (χ0n) is 8.02. The molecule has 1 aromatic rings. The molecule has 0 saturated carbocycles. The van der Waals surface area contributed by atoms with E-state index >= 15 is 0 Å². The Kier molecular flexibility index (Phi) is 1.90. The van der Waals surface area contributed by atoms with Crippen LogP contribution in [0.3, 0.4) is 0 Å². The smallest absolute Gasteiger partial charge is 0.109 e. The van der Waals surface area contributed by atoms with Gasteiger partial charge in [0.25, 0.3) is 0 Å². The maximum atomic E-state index is 10.6. The first-order valence-electron chi connectivity index (χ1n) is 5.17. The van der Waals surface area contributed by atoms with Crippen molar-refractivity contribution in [3.05, 3.63) is 17.1 Å². The normalized spacial score (nSPS) is 37.6. The lowest BCUT2D eigenvalue weighted by Crippen LogP contribution is -2.38. The van der Waals surface area contributed by atoms with Crippen molar-refractivity contribution in [1.29, 1.82) is 0 Å². The Morgan fingerprint density at radius 1 is 1.57 bits per heavy atom. The highest BCUT2D eigenvalue weighted by molar-refractivity contribution is 7.03. The summed E-state index contributed by atoms with van der Waals surface area (Å²) >= 11 is 1.43. The molecule has 0 bridgehead atoms. The molecule has 2 aliphatic rings. The Hall–Kier alpha value is -0.450. The Balaban J connectivity index is 1.97. The van der Waals surface area contributed by atoms with Crippen LogP contribution < -0.4 is 0 Å². The van der Waals surface area contributed by atoms with Crippen molar-refractivity contribution in [3.63, 3.8) is 0 Å². The van der Waals surface area contributed by atoms with E-state index in [4.69, 9.17) is 0 Å². The van der Waals surface area contributed by atoms with Gasteiger partial charge in [0.15, 0.2) is 0 Å². The highest BCUT2D eigenvalue weighted by Gasteiger charge is 2.49. The van der Waals surface area contributed by atoms with Gasteiger partial charge in [-0.2, -0.15) is 0 Å². The van der Waals surface area contributed by atoms with Crippen molar-refractivity contribution in [2.75, 3.05) is 13.1 Å². The van der Waals surface area contributed by atoms with E-state index in [-0.39, 0.29) is 0 Å². The van der Waals surface area contributed by atoms with Gasteiger partial charge in [0, 0.05) is 29.7 Å². The SMILES string of the molecule is OC1(c2cnsc2)CCN2CCCC21. The van der Waals surface area contributed by atoms with Gasteiger partial charge in [-0.25, -0.2) is 4.37 Å². The van der Waals surface area contributed by atoms with Gasteiger partial charge in [-0.3, -0.25) is 4.90 Å². The van der Waals surface area contributed by atoms with E-state index in [2.05, 4.69) is 9.27 Å². The van der Waals surface area contributed by atoms with Gasteiger partial charge in [0.05, 0.1) is 0 Å². The Bertz CT molecular complexity index is 327. The van der Waals surface area contributed by atoms with Crippen LogP contribution in [0.1, 0.15) is 24.8 Å². The molecule has 14 heavy (non-hydrogen) atoms. The Morgan fingerprint density at radius 3 is 3.29 bits per heavy atom. The van der Waals surface area contributed by atoms with E-state index < -0.39 is 5.60 Å². The number of nitrogens with zero attached hydrogens (tertiary/aromatic N) is 2. The Labute approximate surface area is 87.5 Å². The standard InChI is InChI=1S/C10H14N2OS/c13-10(8-6-11-14-7-8)3-5-12-4-1-2-9(10)12/h6-7,9,13H,1-5H2. The van der Waals surface area contributed by atoms with Crippen molar-refractivity contribution in [3.8, 4) is 0 Å². The van der Waals surface area contributed by atoms with E-state index in [9.17, 15) is 5.11 Å². The minimum atomic E-state index is -0.608. The zero-order valence-corrected chi connectivity index (χ0v) is 8.83. The quantitative estimate of drug-likeness (QED) is 0.756. The van der Waals surface area contributed by atoms with Gasteiger partial charge in [-0.1, -0.05) is 0 Å². The first kappa shape index (κ1) is 8.83. The van der Waals surface area contributed by atoms with Crippen LogP contribution in [0.2, 0.25) is 0 Å². The molecule has 2 fully saturated rings. The minimum Gasteiger partial charge on any atom is -0.383 e. The second kappa shape index (κ2) is 3.02. The van der Waals surface area contributed by atoms with Crippen LogP contribution in [0.4, 0.5) is 0 Å². The highest BCUT2D eigenvalue weighted by Crippen LogP contribution is 2.42. The summed E-state index contributed by atoms with van der Waals surface area (Å²) in [6, 6.07) is 0.346. The summed E-state index contributed by atoms with van der Waals surface area (Å²) < 4.78 is 4.09. The molecule has 0 aliphatic carbocycles. The van der Waals surface area contributed by atoms with Crippen molar-refractivity contribution >= 4 is 11.5 Å². The minimum absolute atomic E-state index is 0.346. The molecule has 2 atom stereocenters. The predicted octanol–water partition coefficient (Wildman–Crippen LogP) is 1.20. The molecule has 3 rings (SSSR count). The Morgan fingerprint density at radius 2 is 2.50 bits per heavy atom. The first-order valence-corrected chi connectivity index (χ1v) is 6.01. The van der Waals surface area contributed by atoms with E-state index in [1.807, 2.05) is 11.6 Å². The third kappa shape index (κ3) is 1.08. The highest BCUT2D eigenvalue weighted by atomic mass is 32.1. The van der Waals surface area contributed by atoms with Gasteiger partial charge in [-0.05, 0) is 37.3 Å². The molecule has 0 aromatic carbocycles. The molecule has 0 amide bonds. The second-order valence-corrected chi connectivity index (χ2v) is 4.94. The summed E-state index contributed by atoms with van der Waals surface area (Å²) in [7, 11) is 0. The number of fused-ring (bicyclic) bond motifs is 1. The third-order valence-electron chi connectivity index (χ3n) is 3.63. The maximum Gasteiger partial charge on any atom is 0.109 e. The average Bonchev–Trinajstić information content (AvgIpc) is 2.84. The molecule has 3 nitrogen and oxygen atoms in total. The van der Waals surface area contributed by atoms with Gasteiger partial charge in [-0.15, -0.1) is 0 Å². The first-order chi connectivity index (χ1) is 6.81. The molecular weight excluding hydrogens is 196 g/mol. The van der Waals surface area contributed by atoms with Gasteiger partial charge >= 0.3 is 0 Å². The number of hydrogen-bond donors (Lipinski definition) is 1. The lowest BCUT2D eigenvalue weighted by Gasteiger charge is -2.28. The zero-order chi connectivity index (χ0) is 9.60. The molecule has 0 spiro atoms. The second-order valence-electron chi connectivity index (χ2n) is 4.28. The molecule has 76 valence electrons. The van der Waals surface area contributed by atoms with Crippen LogP contribution in [0.15, 0.2) is 11.6 Å². The van der Waals surface area contributed by atoms with Crippen LogP contribution >= 0.6 is 11.5 Å². The number of hydrogen-bond acceptors (Lipinski definition) is 4. The fraction of sp³-hybridized carbons (Fsp3) is 0.700. The van der Waals surface area contributed by atoms with E-state index in [1.165, 1.54) is 18.0 Å². The lowest BCUT2D eigenvalue weighted by molar-refractivity contribution is 0.00959. The molecule has 2 unspecified atom stereocenters. The van der Waals surface area contributed by atoms with E-state index in [0.29, 0.717) is 6.04 Å². The van der Waals surface area contributed by atoms with Crippen LogP contribution in [0, 0.1) is 0 Å². The molecule has 4 heteroatoms. The van der Waals surface area contributed by atoms with Crippen molar-refractivity contribution in [1.82, 2.24) is 9.27 Å². The number of aromatic nitrogens is 1. The predicted molar refractivity (Wildman–Crippen MR) is 55.2 cm³/mol. The molecule has 1 aromatic heterocycles. The fourth-order valence-electron chi connectivity index (χ4n) is 2.87. The van der Waals surface area contributed by atoms with Crippen LogP contribution in [0.25, 0.3) is 0 Å². The monoisotopic (exact) mass is 210 g/mol. The van der Waals surface area contributed by atoms with Crippen molar-refractivity contribution < 1.29 is 5.11 Å². The molecule has 1 N–H and O–H groups in total. The molecule has 3 heterocycles. The van der Waals surface area contributed by atoms with Crippen LogP contribution in [-0.4, -0.2) is 33.5 Å². The van der Waals surface area contributed by atoms with E-state index in [1.54, 1.807) is 0 Å². The molecule has 0 radical (unpaired) electrons. The summed E-state index contributed by atoms with van der Waals surface area (Å²) in [4.78, 5) is 2.41. The van der Waals surface area contributed by atoms with Crippen LogP contribution in [0.5, 0.6) is 0 Å². The van der Waals surface area contributed by atoms with Crippen molar-refractivity contribution in [2.45, 2.75) is 30.9 Å². The summed E-state index contributed by atoms with van der Waals surface area (Å²) in [5, 5.41) is 12.6. The summed E-state index contributed by atoms with van der Waals surface area (Å²) in [5.74, 6) is 0. The molecule has 2 saturated heterocycles. The topological polar surface area (TPSA) is 36.4 Å². The number of rotatable bonds is 1. The number of aliphatic hydroxyl groups is 1. The van der Waals surface area contributed by atoms with Gasteiger partial charge in [0.2, 0.25) is 0 Å². The fourth-order valence-corrected chi connectivity index (χ4v) is 3.48. The van der Waals surface area contributed by atoms with Gasteiger partial charge < -0.3 is 5.11 Å².